The third-order valence-electron chi connectivity index (χ3n) is 3.13. The van der Waals surface area contributed by atoms with Gasteiger partial charge < -0.3 is 9.67 Å². The molecular weight excluding hydrogens is 266 g/mol. The minimum Gasteiger partial charge on any atom is -0.480 e. The maximum atomic E-state index is 11.0. The lowest BCUT2D eigenvalue weighted by Gasteiger charge is -2.08. The van der Waals surface area contributed by atoms with E-state index in [2.05, 4.69) is 9.97 Å². The van der Waals surface area contributed by atoms with Gasteiger partial charge in [0, 0.05) is 23.5 Å². The Bertz CT molecular complexity index is 752. The highest BCUT2D eigenvalue weighted by atomic mass is 16.4. The number of aromatic nitrogens is 3. The number of benzene rings is 1. The molecule has 0 saturated heterocycles. The van der Waals surface area contributed by atoms with E-state index < -0.39 is 5.97 Å². The molecule has 5 nitrogen and oxygen atoms in total. The van der Waals surface area contributed by atoms with E-state index in [0.29, 0.717) is 0 Å². The van der Waals surface area contributed by atoms with Crippen LogP contribution in [0.3, 0.4) is 0 Å². The third-order valence-corrected chi connectivity index (χ3v) is 3.13. The molecule has 0 saturated carbocycles. The number of pyridine rings is 1. The summed E-state index contributed by atoms with van der Waals surface area (Å²) in [5.74, 6) is -0.905. The van der Waals surface area contributed by atoms with Gasteiger partial charge in [0.2, 0.25) is 0 Å². The molecule has 0 fully saturated rings. The molecule has 1 aromatic carbocycles. The van der Waals surface area contributed by atoms with Crippen LogP contribution in [0.2, 0.25) is 0 Å². The van der Waals surface area contributed by atoms with E-state index in [0.717, 1.165) is 22.5 Å². The number of rotatable bonds is 4. The molecule has 0 bridgehead atoms. The van der Waals surface area contributed by atoms with Crippen LogP contribution in [-0.4, -0.2) is 25.6 Å². The highest BCUT2D eigenvalue weighted by molar-refractivity contribution is 5.79. The van der Waals surface area contributed by atoms with E-state index in [4.69, 9.17) is 5.11 Å². The van der Waals surface area contributed by atoms with Gasteiger partial charge in [0.05, 0.1) is 17.7 Å². The largest absolute Gasteiger partial charge is 0.480 e. The molecule has 1 N–H and O–H groups in total. The minimum atomic E-state index is -0.905. The van der Waals surface area contributed by atoms with Crippen molar-refractivity contribution in [1.82, 2.24) is 14.5 Å². The van der Waals surface area contributed by atoms with Crippen LogP contribution in [0, 0.1) is 0 Å². The Morgan fingerprint density at radius 3 is 2.52 bits per heavy atom. The summed E-state index contributed by atoms with van der Waals surface area (Å²) in [6.45, 7) is -0.135. The molecule has 3 rings (SSSR count). The SMILES string of the molecule is O=C(O)Cn1cnc(-c2ccccc2)c1-c1cccnc1. The van der Waals surface area contributed by atoms with Gasteiger partial charge >= 0.3 is 5.97 Å². The number of aliphatic carboxylic acids is 1. The van der Waals surface area contributed by atoms with Crippen molar-refractivity contribution >= 4 is 5.97 Å². The second kappa shape index (κ2) is 5.58. The molecular formula is C16H13N3O2. The van der Waals surface area contributed by atoms with Crippen molar-refractivity contribution in [1.29, 1.82) is 0 Å². The van der Waals surface area contributed by atoms with Gasteiger partial charge in [-0.05, 0) is 12.1 Å². The minimum absolute atomic E-state index is 0.135. The van der Waals surface area contributed by atoms with Crippen LogP contribution >= 0.6 is 0 Å². The van der Waals surface area contributed by atoms with Crippen molar-refractivity contribution in [3.05, 3.63) is 61.2 Å². The molecule has 3 aromatic rings. The van der Waals surface area contributed by atoms with Crippen LogP contribution in [0.15, 0.2) is 61.2 Å². The molecule has 0 unspecified atom stereocenters. The van der Waals surface area contributed by atoms with Gasteiger partial charge in [-0.3, -0.25) is 9.78 Å². The topological polar surface area (TPSA) is 68.0 Å². The molecule has 2 heterocycles. The van der Waals surface area contributed by atoms with Gasteiger partial charge in [-0.2, -0.15) is 0 Å². The Hall–Kier alpha value is -2.95. The van der Waals surface area contributed by atoms with Gasteiger partial charge in [-0.15, -0.1) is 0 Å². The van der Waals surface area contributed by atoms with Crippen LogP contribution in [0.4, 0.5) is 0 Å². The standard InChI is InChI=1S/C16H13N3O2/c20-14(21)10-19-11-18-15(12-5-2-1-3-6-12)16(19)13-7-4-8-17-9-13/h1-9,11H,10H2,(H,20,21). The number of carbonyl (C=O) groups is 1. The quantitative estimate of drug-likeness (QED) is 0.797. The maximum Gasteiger partial charge on any atom is 0.323 e. The van der Waals surface area contributed by atoms with E-state index in [9.17, 15) is 4.79 Å². The average molecular weight is 279 g/mol. The van der Waals surface area contributed by atoms with Crippen LogP contribution in [0.1, 0.15) is 0 Å². The zero-order valence-electron chi connectivity index (χ0n) is 11.2. The Labute approximate surface area is 121 Å². The Balaban J connectivity index is 2.18. The van der Waals surface area contributed by atoms with E-state index in [1.165, 1.54) is 0 Å². The van der Waals surface area contributed by atoms with Crippen molar-refractivity contribution in [2.45, 2.75) is 6.54 Å². The first-order valence-corrected chi connectivity index (χ1v) is 6.48. The Morgan fingerprint density at radius 2 is 1.86 bits per heavy atom. The first-order valence-electron chi connectivity index (χ1n) is 6.48. The zero-order valence-corrected chi connectivity index (χ0v) is 11.2. The Kier molecular flexibility index (Phi) is 3.47. The van der Waals surface area contributed by atoms with Crippen LogP contribution in [0.25, 0.3) is 22.5 Å². The van der Waals surface area contributed by atoms with E-state index in [1.54, 1.807) is 23.3 Å². The van der Waals surface area contributed by atoms with Crippen LogP contribution in [0.5, 0.6) is 0 Å². The first kappa shape index (κ1) is 13.1. The van der Waals surface area contributed by atoms with Gasteiger partial charge in [0.15, 0.2) is 0 Å². The van der Waals surface area contributed by atoms with E-state index in [1.807, 2.05) is 42.5 Å². The lowest BCUT2D eigenvalue weighted by Crippen LogP contribution is -2.09. The number of hydrogen-bond acceptors (Lipinski definition) is 3. The number of hydrogen-bond donors (Lipinski definition) is 1. The van der Waals surface area contributed by atoms with Crippen molar-refractivity contribution in [3.63, 3.8) is 0 Å². The van der Waals surface area contributed by atoms with Gasteiger partial charge in [-0.25, -0.2) is 4.98 Å². The lowest BCUT2D eigenvalue weighted by atomic mass is 10.1. The lowest BCUT2D eigenvalue weighted by molar-refractivity contribution is -0.137. The van der Waals surface area contributed by atoms with E-state index in [-0.39, 0.29) is 6.54 Å². The van der Waals surface area contributed by atoms with Gasteiger partial charge in [-0.1, -0.05) is 30.3 Å². The molecule has 0 aliphatic rings. The number of imidazole rings is 1. The highest BCUT2D eigenvalue weighted by Gasteiger charge is 2.16. The number of nitrogens with zero attached hydrogens (tertiary/aromatic N) is 3. The van der Waals surface area contributed by atoms with Crippen LogP contribution < -0.4 is 0 Å². The first-order chi connectivity index (χ1) is 10.3. The Morgan fingerprint density at radius 1 is 1.10 bits per heavy atom. The summed E-state index contributed by atoms with van der Waals surface area (Å²) in [6.07, 6.45) is 4.95. The van der Waals surface area contributed by atoms with Gasteiger partial charge in [0.1, 0.15) is 6.54 Å². The smallest absolute Gasteiger partial charge is 0.323 e. The summed E-state index contributed by atoms with van der Waals surface area (Å²) in [5, 5.41) is 9.05. The zero-order chi connectivity index (χ0) is 14.7. The molecule has 104 valence electrons. The molecule has 0 spiro atoms. The summed E-state index contributed by atoms with van der Waals surface area (Å²) < 4.78 is 1.63. The predicted octanol–water partition coefficient (Wildman–Crippen LogP) is 2.70. The third kappa shape index (κ3) is 2.67. The normalized spacial score (nSPS) is 10.5. The molecule has 0 amide bonds. The van der Waals surface area contributed by atoms with Gasteiger partial charge in [0.25, 0.3) is 0 Å². The van der Waals surface area contributed by atoms with Crippen molar-refractivity contribution < 1.29 is 9.90 Å². The van der Waals surface area contributed by atoms with Crippen molar-refractivity contribution in [3.8, 4) is 22.5 Å². The molecule has 5 heteroatoms. The summed E-state index contributed by atoms with van der Waals surface area (Å²) in [7, 11) is 0. The summed E-state index contributed by atoms with van der Waals surface area (Å²) >= 11 is 0. The highest BCUT2D eigenvalue weighted by Crippen LogP contribution is 2.30. The van der Waals surface area contributed by atoms with Crippen molar-refractivity contribution in [2.75, 3.05) is 0 Å². The average Bonchev–Trinajstić information content (AvgIpc) is 2.92. The molecule has 2 aromatic heterocycles. The molecule has 0 aliphatic carbocycles. The van der Waals surface area contributed by atoms with Crippen molar-refractivity contribution in [2.24, 2.45) is 0 Å². The summed E-state index contributed by atoms with van der Waals surface area (Å²) in [5.41, 5.74) is 3.30. The van der Waals surface area contributed by atoms with E-state index >= 15 is 0 Å². The fourth-order valence-electron chi connectivity index (χ4n) is 2.26. The molecule has 21 heavy (non-hydrogen) atoms. The fraction of sp³-hybridized carbons (Fsp3) is 0.0625. The number of carboxylic acid groups (broad SMARTS) is 1. The molecule has 0 atom stereocenters. The maximum absolute atomic E-state index is 11.0. The summed E-state index contributed by atoms with van der Waals surface area (Å²) in [4.78, 5) is 19.5. The summed E-state index contributed by atoms with van der Waals surface area (Å²) in [6, 6.07) is 13.4. The second-order valence-corrected chi connectivity index (χ2v) is 4.57. The molecule has 0 aliphatic heterocycles. The predicted molar refractivity (Wildman–Crippen MR) is 78.5 cm³/mol. The fourth-order valence-corrected chi connectivity index (χ4v) is 2.26. The molecule has 0 radical (unpaired) electrons. The monoisotopic (exact) mass is 279 g/mol. The second-order valence-electron chi connectivity index (χ2n) is 4.57. The number of carboxylic acids is 1. The van der Waals surface area contributed by atoms with Crippen LogP contribution in [-0.2, 0) is 11.3 Å².